The first-order valence-electron chi connectivity index (χ1n) is 7.28. The molecule has 0 unspecified atom stereocenters. The summed E-state index contributed by atoms with van der Waals surface area (Å²) in [6.45, 7) is 5.50. The maximum absolute atomic E-state index is 6.20. The molecule has 1 heterocycles. The van der Waals surface area contributed by atoms with E-state index in [1.54, 1.807) is 12.1 Å². The van der Waals surface area contributed by atoms with E-state index in [1.807, 2.05) is 6.92 Å². The number of anilines is 1. The summed E-state index contributed by atoms with van der Waals surface area (Å²) in [4.78, 5) is 13.4. The summed E-state index contributed by atoms with van der Waals surface area (Å²) in [6.07, 6.45) is 1.86. The standard InChI is InChI=1S/C15H19Cl2N5/c1-3-7-19-14(18)13-15(20-8-4-2)22-12-10(17)6-5-9(16)11(12)21-13/h5-6H,3-4,7-8H2,1-2H3,(H2,18,19)(H,20,22). The number of halogens is 2. The summed E-state index contributed by atoms with van der Waals surface area (Å²) in [5.41, 5.74) is 7.66. The Kier molecular flexibility index (Phi) is 5.80. The van der Waals surface area contributed by atoms with Gasteiger partial charge in [0.05, 0.1) is 10.0 Å². The van der Waals surface area contributed by atoms with E-state index in [2.05, 4.69) is 27.2 Å². The first kappa shape index (κ1) is 16.8. The number of amidine groups is 1. The van der Waals surface area contributed by atoms with E-state index in [0.717, 1.165) is 19.4 Å². The zero-order valence-electron chi connectivity index (χ0n) is 12.7. The molecular weight excluding hydrogens is 321 g/mol. The molecule has 0 aliphatic heterocycles. The summed E-state index contributed by atoms with van der Waals surface area (Å²) in [5.74, 6) is 0.932. The van der Waals surface area contributed by atoms with Crippen LogP contribution in [0.4, 0.5) is 5.82 Å². The number of fused-ring (bicyclic) bond motifs is 1. The van der Waals surface area contributed by atoms with Crippen molar-refractivity contribution >= 4 is 45.9 Å². The molecule has 0 fully saturated rings. The fourth-order valence-corrected chi connectivity index (χ4v) is 2.31. The van der Waals surface area contributed by atoms with Crippen molar-refractivity contribution in [3.05, 3.63) is 27.9 Å². The maximum Gasteiger partial charge on any atom is 0.156 e. The molecule has 22 heavy (non-hydrogen) atoms. The quantitative estimate of drug-likeness (QED) is 0.618. The first-order chi connectivity index (χ1) is 10.6. The van der Waals surface area contributed by atoms with Crippen LogP contribution in [-0.2, 0) is 0 Å². The van der Waals surface area contributed by atoms with E-state index in [-0.39, 0.29) is 0 Å². The molecule has 1 aromatic heterocycles. The number of nitrogens with one attached hydrogen (secondary N) is 1. The summed E-state index contributed by atoms with van der Waals surface area (Å²) in [5, 5.41) is 4.21. The van der Waals surface area contributed by atoms with Crippen LogP contribution < -0.4 is 11.1 Å². The van der Waals surface area contributed by atoms with Gasteiger partial charge in [0, 0.05) is 13.1 Å². The summed E-state index contributed by atoms with van der Waals surface area (Å²) in [7, 11) is 0. The summed E-state index contributed by atoms with van der Waals surface area (Å²) in [6, 6.07) is 3.40. The number of hydrogen-bond acceptors (Lipinski definition) is 4. The molecule has 5 nitrogen and oxygen atoms in total. The predicted octanol–water partition coefficient (Wildman–Crippen LogP) is 3.87. The zero-order chi connectivity index (χ0) is 16.1. The van der Waals surface area contributed by atoms with Crippen molar-refractivity contribution in [1.29, 1.82) is 0 Å². The molecule has 0 aliphatic rings. The first-order valence-corrected chi connectivity index (χ1v) is 8.04. The number of nitrogens with two attached hydrogens (primary N) is 1. The van der Waals surface area contributed by atoms with Crippen molar-refractivity contribution in [2.45, 2.75) is 26.7 Å². The van der Waals surface area contributed by atoms with Gasteiger partial charge < -0.3 is 11.1 Å². The number of aliphatic imine (C=N–C) groups is 1. The number of nitrogens with zero attached hydrogens (tertiary/aromatic N) is 3. The van der Waals surface area contributed by atoms with Crippen molar-refractivity contribution in [2.24, 2.45) is 10.7 Å². The molecule has 0 aliphatic carbocycles. The lowest BCUT2D eigenvalue weighted by molar-refractivity contribution is 0.927. The molecule has 0 radical (unpaired) electrons. The number of benzene rings is 1. The van der Waals surface area contributed by atoms with Gasteiger partial charge in [0.1, 0.15) is 22.6 Å². The smallest absolute Gasteiger partial charge is 0.156 e. The van der Waals surface area contributed by atoms with Gasteiger partial charge in [0.2, 0.25) is 0 Å². The Labute approximate surface area is 139 Å². The fourth-order valence-electron chi connectivity index (χ4n) is 1.93. The van der Waals surface area contributed by atoms with Gasteiger partial charge in [-0.2, -0.15) is 0 Å². The van der Waals surface area contributed by atoms with Crippen LogP contribution in [0.5, 0.6) is 0 Å². The minimum atomic E-state index is 0.353. The van der Waals surface area contributed by atoms with Crippen LogP contribution in [0, 0.1) is 0 Å². The Morgan fingerprint density at radius 1 is 1.14 bits per heavy atom. The minimum Gasteiger partial charge on any atom is -0.382 e. The molecule has 7 heteroatoms. The highest BCUT2D eigenvalue weighted by Gasteiger charge is 2.15. The molecular formula is C15H19Cl2N5. The van der Waals surface area contributed by atoms with Crippen LogP contribution in [0.1, 0.15) is 32.4 Å². The van der Waals surface area contributed by atoms with Gasteiger partial charge in [-0.1, -0.05) is 37.0 Å². The van der Waals surface area contributed by atoms with Crippen molar-refractivity contribution in [3.8, 4) is 0 Å². The van der Waals surface area contributed by atoms with Crippen molar-refractivity contribution in [2.75, 3.05) is 18.4 Å². The number of hydrogen-bond donors (Lipinski definition) is 2. The lowest BCUT2D eigenvalue weighted by atomic mass is 10.2. The highest BCUT2D eigenvalue weighted by molar-refractivity contribution is 6.39. The van der Waals surface area contributed by atoms with Crippen LogP contribution in [0.3, 0.4) is 0 Å². The molecule has 118 valence electrons. The third-order valence-electron chi connectivity index (χ3n) is 3.02. The van der Waals surface area contributed by atoms with Gasteiger partial charge in [-0.05, 0) is 25.0 Å². The second-order valence-corrected chi connectivity index (χ2v) is 5.66. The van der Waals surface area contributed by atoms with Gasteiger partial charge in [0.25, 0.3) is 0 Å². The van der Waals surface area contributed by atoms with Crippen molar-refractivity contribution in [3.63, 3.8) is 0 Å². The van der Waals surface area contributed by atoms with E-state index in [9.17, 15) is 0 Å². The van der Waals surface area contributed by atoms with Crippen LogP contribution in [0.25, 0.3) is 11.0 Å². The SMILES string of the molecule is CCCN=C(N)c1nc2c(Cl)ccc(Cl)c2nc1NCCC. The summed E-state index contributed by atoms with van der Waals surface area (Å²) < 4.78 is 0. The molecule has 0 amide bonds. The van der Waals surface area contributed by atoms with E-state index in [0.29, 0.717) is 45.0 Å². The van der Waals surface area contributed by atoms with E-state index < -0.39 is 0 Å². The van der Waals surface area contributed by atoms with Gasteiger partial charge >= 0.3 is 0 Å². The highest BCUT2D eigenvalue weighted by atomic mass is 35.5. The predicted molar refractivity (Wildman–Crippen MR) is 94.2 cm³/mol. The van der Waals surface area contributed by atoms with Gasteiger partial charge in [-0.15, -0.1) is 0 Å². The van der Waals surface area contributed by atoms with Crippen LogP contribution >= 0.6 is 23.2 Å². The van der Waals surface area contributed by atoms with Gasteiger partial charge in [-0.25, -0.2) is 9.97 Å². The minimum absolute atomic E-state index is 0.353. The Balaban J connectivity index is 2.62. The van der Waals surface area contributed by atoms with E-state index >= 15 is 0 Å². The largest absolute Gasteiger partial charge is 0.382 e. The van der Waals surface area contributed by atoms with Gasteiger partial charge in [-0.3, -0.25) is 4.99 Å². The maximum atomic E-state index is 6.20. The van der Waals surface area contributed by atoms with Crippen LogP contribution in [0.15, 0.2) is 17.1 Å². The highest BCUT2D eigenvalue weighted by Crippen LogP contribution is 2.29. The molecule has 2 rings (SSSR count). The average molecular weight is 340 g/mol. The molecule has 0 bridgehead atoms. The molecule has 2 aromatic rings. The monoisotopic (exact) mass is 339 g/mol. The van der Waals surface area contributed by atoms with E-state index in [4.69, 9.17) is 28.9 Å². The summed E-state index contributed by atoms with van der Waals surface area (Å²) >= 11 is 12.4. The second-order valence-electron chi connectivity index (χ2n) is 4.84. The molecule has 3 N–H and O–H groups in total. The fraction of sp³-hybridized carbons (Fsp3) is 0.400. The Morgan fingerprint density at radius 2 is 1.77 bits per heavy atom. The number of aromatic nitrogens is 2. The lowest BCUT2D eigenvalue weighted by Crippen LogP contribution is -2.20. The Hall–Kier alpha value is -1.59. The van der Waals surface area contributed by atoms with Gasteiger partial charge in [0.15, 0.2) is 5.82 Å². The normalized spacial score (nSPS) is 11.9. The molecule has 0 atom stereocenters. The van der Waals surface area contributed by atoms with Crippen LogP contribution in [0.2, 0.25) is 10.0 Å². The Bertz CT molecular complexity index is 700. The molecule has 0 spiro atoms. The van der Waals surface area contributed by atoms with Crippen molar-refractivity contribution < 1.29 is 0 Å². The lowest BCUT2D eigenvalue weighted by Gasteiger charge is -2.12. The second kappa shape index (κ2) is 7.61. The molecule has 1 aromatic carbocycles. The average Bonchev–Trinajstić information content (AvgIpc) is 2.53. The topological polar surface area (TPSA) is 76.2 Å². The van der Waals surface area contributed by atoms with Crippen molar-refractivity contribution in [1.82, 2.24) is 9.97 Å². The molecule has 0 saturated heterocycles. The third kappa shape index (κ3) is 3.59. The zero-order valence-corrected chi connectivity index (χ0v) is 14.2. The third-order valence-corrected chi connectivity index (χ3v) is 3.63. The number of rotatable bonds is 6. The Morgan fingerprint density at radius 3 is 2.36 bits per heavy atom. The molecule has 0 saturated carbocycles. The van der Waals surface area contributed by atoms with Crippen LogP contribution in [-0.4, -0.2) is 28.9 Å². The van der Waals surface area contributed by atoms with E-state index in [1.165, 1.54) is 0 Å².